The molecule has 0 fully saturated rings. The first kappa shape index (κ1) is 17.7. The lowest BCUT2D eigenvalue weighted by Gasteiger charge is -2.21. The molecule has 1 unspecified atom stereocenters. The fourth-order valence-corrected chi connectivity index (χ4v) is 3.09. The lowest BCUT2D eigenvalue weighted by atomic mass is 9.92. The Bertz CT molecular complexity index is 410. The first-order valence-electron chi connectivity index (χ1n) is 7.80. The van der Waals surface area contributed by atoms with Gasteiger partial charge in [0.25, 0.3) is 0 Å². The number of nitrogens with one attached hydrogen (secondary N) is 1. The molecule has 1 aromatic rings. The van der Waals surface area contributed by atoms with Gasteiger partial charge in [0.1, 0.15) is 0 Å². The zero-order valence-electron chi connectivity index (χ0n) is 13.8. The SMILES string of the molecule is CCn1nc(C)c(Br)c1CC(CNC(C)C)CC(C)C. The van der Waals surface area contributed by atoms with Crippen LogP contribution in [0.3, 0.4) is 0 Å². The second-order valence-corrected chi connectivity index (χ2v) is 7.22. The van der Waals surface area contributed by atoms with E-state index in [4.69, 9.17) is 0 Å². The fraction of sp³-hybridized carbons (Fsp3) is 0.812. The highest BCUT2D eigenvalue weighted by atomic mass is 79.9. The number of halogens is 1. The normalized spacial score (nSPS) is 13.4. The van der Waals surface area contributed by atoms with E-state index in [1.165, 1.54) is 16.6 Å². The third kappa shape index (κ3) is 5.21. The highest BCUT2D eigenvalue weighted by Gasteiger charge is 2.18. The summed E-state index contributed by atoms with van der Waals surface area (Å²) in [6.45, 7) is 15.3. The number of aromatic nitrogens is 2. The molecule has 0 radical (unpaired) electrons. The van der Waals surface area contributed by atoms with E-state index in [9.17, 15) is 0 Å². The van der Waals surface area contributed by atoms with Crippen LogP contribution in [0.2, 0.25) is 0 Å². The van der Waals surface area contributed by atoms with Crippen molar-refractivity contribution in [2.24, 2.45) is 11.8 Å². The largest absolute Gasteiger partial charge is 0.314 e. The van der Waals surface area contributed by atoms with E-state index in [0.29, 0.717) is 12.0 Å². The Hall–Kier alpha value is -0.350. The van der Waals surface area contributed by atoms with Crippen molar-refractivity contribution in [1.82, 2.24) is 15.1 Å². The molecule has 1 heterocycles. The Morgan fingerprint density at radius 3 is 2.40 bits per heavy atom. The molecule has 20 heavy (non-hydrogen) atoms. The fourth-order valence-electron chi connectivity index (χ4n) is 2.65. The first-order valence-corrected chi connectivity index (χ1v) is 8.59. The molecule has 1 atom stereocenters. The van der Waals surface area contributed by atoms with Gasteiger partial charge in [-0.25, -0.2) is 0 Å². The van der Waals surface area contributed by atoms with E-state index in [1.54, 1.807) is 0 Å². The van der Waals surface area contributed by atoms with Crippen molar-refractivity contribution in [3.05, 3.63) is 15.9 Å². The molecule has 3 nitrogen and oxygen atoms in total. The highest BCUT2D eigenvalue weighted by Crippen LogP contribution is 2.26. The third-order valence-electron chi connectivity index (χ3n) is 3.55. The van der Waals surface area contributed by atoms with Crippen LogP contribution in [-0.4, -0.2) is 22.4 Å². The summed E-state index contributed by atoms with van der Waals surface area (Å²) >= 11 is 3.71. The molecule has 116 valence electrons. The van der Waals surface area contributed by atoms with Gasteiger partial charge in [-0.3, -0.25) is 4.68 Å². The van der Waals surface area contributed by atoms with Gasteiger partial charge < -0.3 is 5.32 Å². The quantitative estimate of drug-likeness (QED) is 0.767. The molecule has 1 aromatic heterocycles. The highest BCUT2D eigenvalue weighted by molar-refractivity contribution is 9.10. The van der Waals surface area contributed by atoms with Gasteiger partial charge in [0, 0.05) is 12.6 Å². The van der Waals surface area contributed by atoms with Crippen LogP contribution in [0.4, 0.5) is 0 Å². The molecule has 1 N–H and O–H groups in total. The van der Waals surface area contributed by atoms with Gasteiger partial charge in [-0.15, -0.1) is 0 Å². The summed E-state index contributed by atoms with van der Waals surface area (Å²) in [7, 11) is 0. The lowest BCUT2D eigenvalue weighted by molar-refractivity contribution is 0.364. The number of hydrogen-bond acceptors (Lipinski definition) is 2. The van der Waals surface area contributed by atoms with Crippen molar-refractivity contribution >= 4 is 15.9 Å². The zero-order valence-corrected chi connectivity index (χ0v) is 15.4. The van der Waals surface area contributed by atoms with Gasteiger partial charge in [-0.1, -0.05) is 27.7 Å². The molecule has 0 aliphatic rings. The van der Waals surface area contributed by atoms with E-state index in [-0.39, 0.29) is 0 Å². The summed E-state index contributed by atoms with van der Waals surface area (Å²) in [4.78, 5) is 0. The molecule has 0 aliphatic heterocycles. The molecular formula is C16H30BrN3. The zero-order chi connectivity index (χ0) is 15.3. The van der Waals surface area contributed by atoms with E-state index >= 15 is 0 Å². The first-order chi connectivity index (χ1) is 9.35. The molecule has 0 amide bonds. The van der Waals surface area contributed by atoms with Crippen LogP contribution in [-0.2, 0) is 13.0 Å². The maximum atomic E-state index is 4.61. The van der Waals surface area contributed by atoms with Crippen LogP contribution in [0.5, 0.6) is 0 Å². The molecular weight excluding hydrogens is 314 g/mol. The molecule has 0 spiro atoms. The Kier molecular flexibility index (Phi) is 7.24. The Morgan fingerprint density at radius 1 is 1.25 bits per heavy atom. The van der Waals surface area contributed by atoms with Gasteiger partial charge in [-0.2, -0.15) is 5.10 Å². The van der Waals surface area contributed by atoms with E-state index in [0.717, 1.165) is 31.1 Å². The maximum Gasteiger partial charge on any atom is 0.0738 e. The molecule has 1 rings (SSSR count). The van der Waals surface area contributed by atoms with Crippen LogP contribution < -0.4 is 5.32 Å². The Morgan fingerprint density at radius 2 is 1.90 bits per heavy atom. The molecule has 0 saturated carbocycles. The minimum atomic E-state index is 0.547. The van der Waals surface area contributed by atoms with Crippen LogP contribution in [0.25, 0.3) is 0 Å². The predicted octanol–water partition coefficient (Wildman–Crippen LogP) is 4.18. The van der Waals surface area contributed by atoms with Crippen LogP contribution in [0, 0.1) is 18.8 Å². The average molecular weight is 344 g/mol. The van der Waals surface area contributed by atoms with Gasteiger partial charge in [0.2, 0.25) is 0 Å². The minimum Gasteiger partial charge on any atom is -0.314 e. The third-order valence-corrected chi connectivity index (χ3v) is 4.59. The number of hydrogen-bond donors (Lipinski definition) is 1. The topological polar surface area (TPSA) is 29.9 Å². The van der Waals surface area contributed by atoms with Gasteiger partial charge in [0.15, 0.2) is 0 Å². The summed E-state index contributed by atoms with van der Waals surface area (Å²) in [6.07, 6.45) is 2.34. The van der Waals surface area contributed by atoms with Crippen molar-refractivity contribution in [3.63, 3.8) is 0 Å². The van der Waals surface area contributed by atoms with Gasteiger partial charge in [-0.05, 0) is 61.0 Å². The van der Waals surface area contributed by atoms with E-state index in [2.05, 4.69) is 72.6 Å². The molecule has 0 aromatic carbocycles. The smallest absolute Gasteiger partial charge is 0.0738 e. The lowest BCUT2D eigenvalue weighted by Crippen LogP contribution is -2.31. The summed E-state index contributed by atoms with van der Waals surface area (Å²) in [5.74, 6) is 1.39. The predicted molar refractivity (Wildman–Crippen MR) is 90.1 cm³/mol. The van der Waals surface area contributed by atoms with Crippen LogP contribution in [0.1, 0.15) is 52.4 Å². The summed E-state index contributed by atoms with van der Waals surface area (Å²) in [6, 6.07) is 0.547. The van der Waals surface area contributed by atoms with Crippen molar-refractivity contribution in [1.29, 1.82) is 0 Å². The van der Waals surface area contributed by atoms with Crippen molar-refractivity contribution in [2.75, 3.05) is 6.54 Å². The standard InChI is InChI=1S/C16H30BrN3/c1-7-20-15(16(17)13(6)19-20)9-14(8-11(2)3)10-18-12(4)5/h11-12,14,18H,7-10H2,1-6H3. The molecule has 0 bridgehead atoms. The van der Waals surface area contributed by atoms with Crippen LogP contribution >= 0.6 is 15.9 Å². The monoisotopic (exact) mass is 343 g/mol. The summed E-state index contributed by atoms with van der Waals surface area (Å²) in [5.41, 5.74) is 2.45. The maximum absolute atomic E-state index is 4.61. The Labute approximate surface area is 132 Å². The number of aryl methyl sites for hydroxylation is 2. The van der Waals surface area contributed by atoms with Crippen LogP contribution in [0.15, 0.2) is 4.47 Å². The van der Waals surface area contributed by atoms with E-state index in [1.807, 2.05) is 0 Å². The summed E-state index contributed by atoms with van der Waals surface area (Å²) < 4.78 is 3.33. The van der Waals surface area contributed by atoms with Gasteiger partial charge in [0.05, 0.1) is 15.9 Å². The van der Waals surface area contributed by atoms with Crippen molar-refractivity contribution < 1.29 is 0 Å². The molecule has 0 aliphatic carbocycles. The molecule has 4 heteroatoms. The number of rotatable bonds is 8. The molecule has 0 saturated heterocycles. The van der Waals surface area contributed by atoms with Gasteiger partial charge >= 0.3 is 0 Å². The number of nitrogens with zero attached hydrogens (tertiary/aromatic N) is 2. The van der Waals surface area contributed by atoms with E-state index < -0.39 is 0 Å². The minimum absolute atomic E-state index is 0.547. The second-order valence-electron chi connectivity index (χ2n) is 6.42. The average Bonchev–Trinajstić information content (AvgIpc) is 2.62. The van der Waals surface area contributed by atoms with Crippen molar-refractivity contribution in [3.8, 4) is 0 Å². The second kappa shape index (κ2) is 8.18. The Balaban J connectivity index is 2.82. The van der Waals surface area contributed by atoms with Crippen molar-refractivity contribution in [2.45, 2.75) is 67.0 Å². The summed E-state index contributed by atoms with van der Waals surface area (Å²) in [5, 5.41) is 8.20.